The average Bonchev–Trinajstić information content (AvgIpc) is 3.14. The fraction of sp³-hybridized carbons (Fsp3) is 0. The van der Waals surface area contributed by atoms with Crippen molar-refractivity contribution in [3.8, 4) is 0 Å². The Hall–Kier alpha value is 1.66. The summed E-state index contributed by atoms with van der Waals surface area (Å²) >= 11 is 28.7. The summed E-state index contributed by atoms with van der Waals surface area (Å²) < 4.78 is 51.4. The quantitative estimate of drug-likeness (QED) is 0.116. The summed E-state index contributed by atoms with van der Waals surface area (Å²) in [4.78, 5) is 4.72. The zero-order chi connectivity index (χ0) is 37.9. The van der Waals surface area contributed by atoms with Crippen LogP contribution in [0.15, 0.2) is 133 Å². The number of rotatable bonds is 0. The number of fused-ring (bicyclic) bond motifs is 4. The molecule has 27 heteroatoms. The van der Waals surface area contributed by atoms with Crippen molar-refractivity contribution in [3.63, 3.8) is 0 Å². The maximum absolute atomic E-state index is 12.5. The normalized spacial score (nSPS) is 12.7. The van der Waals surface area contributed by atoms with Gasteiger partial charge in [-0.3, -0.25) is 10.5 Å². The van der Waals surface area contributed by atoms with Crippen molar-refractivity contribution in [1.82, 2.24) is 0 Å². The van der Waals surface area contributed by atoms with E-state index in [1.54, 1.807) is 62.2 Å². The second-order valence-corrected chi connectivity index (χ2v) is 35.3. The van der Waals surface area contributed by atoms with E-state index in [-0.39, 0.29) is 19.6 Å². The lowest BCUT2D eigenvalue weighted by Crippen LogP contribution is -2.19. The summed E-state index contributed by atoms with van der Waals surface area (Å²) in [6.45, 7) is 0. The SMILES string of the molecule is Brc1ccc2c(c1)Sc1ccccc1S2.O=S1(=O)c2ccccc2S(=O)(=O)c2cc(Br)ccc21.OO.S=S=S=S=S=S=S.S=S=S=S=S=S=S=S. The molecular formula is C24H16Br2O6S19. The molecular weight excluding hydrogens is 1150 g/mol. The third-order valence-corrected chi connectivity index (χ3v) is 32.9. The molecule has 51 heavy (non-hydrogen) atoms. The fourth-order valence-corrected chi connectivity index (χ4v) is 30.3. The van der Waals surface area contributed by atoms with Crippen molar-refractivity contribution >= 4 is 217 Å². The van der Waals surface area contributed by atoms with Crippen LogP contribution in [-0.2, 0) is 162 Å². The van der Waals surface area contributed by atoms with Crippen molar-refractivity contribution in [2.45, 2.75) is 39.2 Å². The van der Waals surface area contributed by atoms with Gasteiger partial charge >= 0.3 is 0 Å². The molecule has 6 rings (SSSR count). The van der Waals surface area contributed by atoms with Crippen molar-refractivity contribution in [2.75, 3.05) is 0 Å². The van der Waals surface area contributed by atoms with Crippen LogP contribution in [0.4, 0.5) is 0 Å². The van der Waals surface area contributed by atoms with Crippen LogP contribution in [0.2, 0.25) is 0 Å². The molecule has 2 N–H and O–H groups in total. The zero-order valence-electron chi connectivity index (χ0n) is 24.1. The Labute approximate surface area is 371 Å². The molecule has 0 radical (unpaired) electrons. The highest BCUT2D eigenvalue weighted by molar-refractivity contribution is 9.10. The van der Waals surface area contributed by atoms with E-state index in [2.05, 4.69) is 119 Å². The molecule has 0 saturated carbocycles. The smallest absolute Gasteiger partial charge is 0.209 e. The number of hydrogen-bond acceptors (Lipinski definition) is 12. The Balaban J connectivity index is 0.000000251. The monoisotopic (exact) mass is 1170 g/mol. The third kappa shape index (κ3) is 15.5. The second-order valence-electron chi connectivity index (χ2n) is 8.04. The highest BCUT2D eigenvalue weighted by atomic mass is 79.9. The van der Waals surface area contributed by atoms with Crippen LogP contribution in [0.3, 0.4) is 0 Å². The molecule has 0 fully saturated rings. The molecule has 4 aromatic carbocycles. The molecule has 4 aromatic rings. The first-order valence-corrected chi connectivity index (χ1v) is 35.7. The first kappa shape index (κ1) is 48.8. The Kier molecular flexibility index (Phi) is 25.4. The summed E-state index contributed by atoms with van der Waals surface area (Å²) in [6.07, 6.45) is 0. The maximum atomic E-state index is 12.5. The van der Waals surface area contributed by atoms with Crippen LogP contribution >= 0.6 is 55.4 Å². The lowest BCUT2D eigenvalue weighted by atomic mass is 10.3. The van der Waals surface area contributed by atoms with Crippen LogP contribution in [0.25, 0.3) is 0 Å². The average molecular weight is 1170 g/mol. The number of hydrogen-bond donors (Lipinski definition) is 2. The summed E-state index contributed by atoms with van der Waals surface area (Å²) in [7, 11) is 8.90. The Morgan fingerprint density at radius 1 is 0.451 bits per heavy atom. The van der Waals surface area contributed by atoms with Gasteiger partial charge in [0, 0.05) is 171 Å². The van der Waals surface area contributed by atoms with Gasteiger partial charge in [-0.05, 0) is 60.7 Å². The molecule has 2 aliphatic rings. The molecule has 0 amide bonds. The van der Waals surface area contributed by atoms with Crippen molar-refractivity contribution in [3.05, 3.63) is 93.9 Å². The van der Waals surface area contributed by atoms with E-state index in [9.17, 15) is 16.8 Å². The summed E-state index contributed by atoms with van der Waals surface area (Å²) in [5.41, 5.74) is 0. The third-order valence-electron chi connectivity index (χ3n) is 5.36. The van der Waals surface area contributed by atoms with Gasteiger partial charge in [0.2, 0.25) is 19.7 Å². The molecule has 2 aliphatic heterocycles. The molecule has 0 atom stereocenters. The minimum atomic E-state index is -3.80. The van der Waals surface area contributed by atoms with Gasteiger partial charge in [-0.2, -0.15) is 0 Å². The predicted molar refractivity (Wildman–Crippen MR) is 256 cm³/mol. The van der Waals surface area contributed by atoms with E-state index in [1.165, 1.54) is 97.6 Å². The molecule has 0 unspecified atom stereocenters. The van der Waals surface area contributed by atoms with E-state index in [4.69, 9.17) is 10.5 Å². The van der Waals surface area contributed by atoms with Crippen molar-refractivity contribution in [2.24, 2.45) is 0 Å². The molecule has 276 valence electrons. The molecule has 0 aromatic heterocycles. The van der Waals surface area contributed by atoms with Crippen molar-refractivity contribution in [1.29, 1.82) is 0 Å². The number of halogens is 2. The van der Waals surface area contributed by atoms with E-state index in [0.717, 1.165) is 4.47 Å². The van der Waals surface area contributed by atoms with E-state index < -0.39 is 19.7 Å². The van der Waals surface area contributed by atoms with Crippen LogP contribution in [0.1, 0.15) is 0 Å². The lowest BCUT2D eigenvalue weighted by molar-refractivity contribution is -0.176. The fourth-order valence-electron chi connectivity index (χ4n) is 3.63. The van der Waals surface area contributed by atoms with E-state index in [1.807, 2.05) is 23.5 Å². The van der Waals surface area contributed by atoms with Gasteiger partial charge in [0.25, 0.3) is 0 Å². The Morgan fingerprint density at radius 3 is 1.29 bits per heavy atom. The van der Waals surface area contributed by atoms with Gasteiger partial charge < -0.3 is 0 Å². The summed E-state index contributed by atoms with van der Waals surface area (Å²) in [5, 5.41) is 12.0. The highest BCUT2D eigenvalue weighted by Gasteiger charge is 2.38. The maximum Gasteiger partial charge on any atom is 0.209 e. The first-order chi connectivity index (χ1) is 24.5. The first-order valence-electron chi connectivity index (χ1n) is 12.2. The highest BCUT2D eigenvalue weighted by Crippen LogP contribution is 2.48. The minimum absolute atomic E-state index is 0.162. The number of sulfone groups is 2. The van der Waals surface area contributed by atoms with Gasteiger partial charge in [0.1, 0.15) is 0 Å². The molecule has 0 aliphatic carbocycles. The Bertz CT molecular complexity index is 2550. The molecule has 0 bridgehead atoms. The predicted octanol–water partition coefficient (Wildman–Crippen LogP) is 7.47. The van der Waals surface area contributed by atoms with Gasteiger partial charge in [0.05, 0.1) is 19.6 Å². The summed E-state index contributed by atoms with van der Waals surface area (Å²) in [5.74, 6) is 0. The van der Waals surface area contributed by atoms with Crippen LogP contribution < -0.4 is 0 Å². The zero-order valence-corrected chi connectivity index (χ0v) is 42.8. The molecule has 2 heterocycles. The van der Waals surface area contributed by atoms with Crippen LogP contribution in [0, 0.1) is 0 Å². The molecule has 6 nitrogen and oxygen atoms in total. The van der Waals surface area contributed by atoms with Gasteiger partial charge in [-0.1, -0.05) is 79.6 Å². The number of benzene rings is 4. The summed E-state index contributed by atoms with van der Waals surface area (Å²) in [6, 6.07) is 24.8. The topological polar surface area (TPSA) is 109 Å². The standard InChI is InChI=1S/C12H7BrO4S2.C12H7BrS2.H2O2.S8.S7/c13-8-5-6-11-12(7-8)19(16,17)10-4-2-1-3-9(10)18(11,14)15;13-8-5-6-11-12(7-8)15-10-4-2-1-3-9(10)14-11;1-2;1-3-5-7-8-6-4-2;1-3-5-7-6-4-2/h1-7H;1-7H;1-2H;;. The van der Waals surface area contributed by atoms with Gasteiger partial charge in [-0.15, -0.1) is 0 Å². The van der Waals surface area contributed by atoms with E-state index >= 15 is 0 Å². The lowest BCUT2D eigenvalue weighted by Gasteiger charge is -2.19. The van der Waals surface area contributed by atoms with E-state index in [0.29, 0.717) is 4.47 Å². The van der Waals surface area contributed by atoms with Crippen LogP contribution in [0.5, 0.6) is 0 Å². The van der Waals surface area contributed by atoms with Crippen LogP contribution in [-0.4, -0.2) is 27.4 Å². The van der Waals surface area contributed by atoms with Gasteiger partial charge in [-0.25, -0.2) is 16.8 Å². The molecule has 0 saturated heterocycles. The second kappa shape index (κ2) is 26.6. The Morgan fingerprint density at radius 2 is 0.804 bits per heavy atom. The van der Waals surface area contributed by atoms with Gasteiger partial charge in [0.15, 0.2) is 0 Å². The largest absolute Gasteiger partial charge is 0.255 e. The minimum Gasteiger partial charge on any atom is -0.255 e. The van der Waals surface area contributed by atoms with Crippen molar-refractivity contribution < 1.29 is 27.4 Å². The molecule has 0 spiro atoms.